The van der Waals surface area contributed by atoms with Crippen LogP contribution in [0.5, 0.6) is 5.75 Å². The van der Waals surface area contributed by atoms with Gasteiger partial charge in [-0.05, 0) is 61.5 Å². The van der Waals surface area contributed by atoms with E-state index in [4.69, 9.17) is 4.74 Å². The highest BCUT2D eigenvalue weighted by Crippen LogP contribution is 2.24. The summed E-state index contributed by atoms with van der Waals surface area (Å²) in [6, 6.07) is 17.2. The molecule has 0 bridgehead atoms. The van der Waals surface area contributed by atoms with E-state index in [0.29, 0.717) is 30.0 Å². The first-order valence-corrected chi connectivity index (χ1v) is 11.5. The van der Waals surface area contributed by atoms with Crippen LogP contribution in [0.3, 0.4) is 0 Å². The van der Waals surface area contributed by atoms with Crippen molar-refractivity contribution >= 4 is 28.1 Å². The molecular weight excluding hydrogens is 420 g/mol. The van der Waals surface area contributed by atoms with Gasteiger partial charge >= 0.3 is 0 Å². The minimum absolute atomic E-state index is 0.164. The zero-order valence-corrected chi connectivity index (χ0v) is 19.3. The van der Waals surface area contributed by atoms with Gasteiger partial charge in [-0.25, -0.2) is 0 Å². The Kier molecular flexibility index (Phi) is 6.42. The molecule has 0 radical (unpaired) electrons. The highest BCUT2D eigenvalue weighted by atomic mass is 32.1. The van der Waals surface area contributed by atoms with Crippen LogP contribution in [-0.4, -0.2) is 22.4 Å². The van der Waals surface area contributed by atoms with Gasteiger partial charge < -0.3 is 14.6 Å². The number of rotatable bonds is 7. The number of amides is 1. The van der Waals surface area contributed by atoms with Crippen LogP contribution in [0.4, 0.5) is 0 Å². The third kappa shape index (κ3) is 4.46. The summed E-state index contributed by atoms with van der Waals surface area (Å²) in [4.78, 5) is 32.3. The van der Waals surface area contributed by atoms with Crippen LogP contribution in [0.1, 0.15) is 38.8 Å². The smallest absolute Gasteiger partial charge is 0.258 e. The number of nitrogens with zero attached hydrogens (tertiary/aromatic N) is 1. The van der Waals surface area contributed by atoms with Crippen LogP contribution in [0.15, 0.2) is 64.8 Å². The second-order valence-corrected chi connectivity index (χ2v) is 8.81. The Morgan fingerprint density at radius 1 is 1.03 bits per heavy atom. The van der Waals surface area contributed by atoms with E-state index in [1.807, 2.05) is 68.6 Å². The van der Waals surface area contributed by atoms with Crippen LogP contribution < -0.4 is 10.3 Å². The predicted molar refractivity (Wildman–Crippen MR) is 130 cm³/mol. The Balaban J connectivity index is 1.75. The molecule has 2 aromatic heterocycles. The molecule has 6 heteroatoms. The summed E-state index contributed by atoms with van der Waals surface area (Å²) in [6.07, 6.45) is 0. The molecule has 4 aromatic rings. The van der Waals surface area contributed by atoms with E-state index in [9.17, 15) is 9.59 Å². The second-order valence-electron chi connectivity index (χ2n) is 7.78. The lowest BCUT2D eigenvalue weighted by molar-refractivity contribution is 0.0727. The number of H-pyrrole nitrogens is 1. The van der Waals surface area contributed by atoms with Crippen molar-refractivity contribution in [3.8, 4) is 5.75 Å². The second kappa shape index (κ2) is 9.40. The van der Waals surface area contributed by atoms with Gasteiger partial charge in [0.1, 0.15) is 5.75 Å². The molecule has 164 valence electrons. The SMILES string of the molecule is CCOc1ccccc1C(=O)N(Cc1cccs1)Cc1cc2c(C)ccc(C)c2[nH]c1=O. The lowest BCUT2D eigenvalue weighted by Crippen LogP contribution is -2.32. The van der Waals surface area contributed by atoms with Crippen LogP contribution >= 0.6 is 11.3 Å². The van der Waals surface area contributed by atoms with Crippen molar-refractivity contribution in [2.45, 2.75) is 33.9 Å². The Morgan fingerprint density at radius 3 is 2.56 bits per heavy atom. The van der Waals surface area contributed by atoms with E-state index in [-0.39, 0.29) is 18.0 Å². The highest BCUT2D eigenvalue weighted by molar-refractivity contribution is 7.09. The molecule has 0 aliphatic carbocycles. The molecule has 0 atom stereocenters. The van der Waals surface area contributed by atoms with Gasteiger partial charge in [-0.3, -0.25) is 9.59 Å². The van der Waals surface area contributed by atoms with E-state index in [0.717, 1.165) is 26.9 Å². The molecule has 0 spiro atoms. The topological polar surface area (TPSA) is 62.4 Å². The minimum Gasteiger partial charge on any atom is -0.493 e. The standard InChI is InChI=1S/C26H26N2O3S/c1-4-31-23-10-6-5-9-21(23)26(30)28(16-20-8-7-13-32-20)15-19-14-22-17(2)11-12-18(3)24(22)27-25(19)29/h5-14H,4,15-16H2,1-3H3,(H,27,29). The number of aryl methyl sites for hydroxylation is 2. The summed E-state index contributed by atoms with van der Waals surface area (Å²) in [5.74, 6) is 0.387. The number of aromatic amines is 1. The zero-order valence-electron chi connectivity index (χ0n) is 18.5. The molecule has 0 saturated heterocycles. The first kappa shape index (κ1) is 21.8. The molecule has 4 rings (SSSR count). The fourth-order valence-electron chi connectivity index (χ4n) is 3.83. The predicted octanol–water partition coefficient (Wildman–Crippen LogP) is 5.45. The molecule has 0 aliphatic rings. The van der Waals surface area contributed by atoms with E-state index in [2.05, 4.69) is 4.98 Å². The maximum absolute atomic E-state index is 13.6. The van der Waals surface area contributed by atoms with E-state index in [1.54, 1.807) is 28.4 Å². The average molecular weight is 447 g/mol. The van der Waals surface area contributed by atoms with E-state index in [1.165, 1.54) is 0 Å². The van der Waals surface area contributed by atoms with Crippen molar-refractivity contribution in [2.24, 2.45) is 0 Å². The molecule has 0 saturated carbocycles. The van der Waals surface area contributed by atoms with Crippen molar-refractivity contribution in [3.05, 3.63) is 97.5 Å². The number of hydrogen-bond donors (Lipinski definition) is 1. The monoisotopic (exact) mass is 446 g/mol. The van der Waals surface area contributed by atoms with E-state index < -0.39 is 0 Å². The molecule has 0 fully saturated rings. The number of pyridine rings is 1. The summed E-state index contributed by atoms with van der Waals surface area (Å²) in [7, 11) is 0. The molecule has 1 N–H and O–H groups in total. The molecule has 1 amide bonds. The third-order valence-electron chi connectivity index (χ3n) is 5.51. The largest absolute Gasteiger partial charge is 0.493 e. The lowest BCUT2D eigenvalue weighted by Gasteiger charge is -2.23. The van der Waals surface area contributed by atoms with Crippen molar-refractivity contribution < 1.29 is 9.53 Å². The molecule has 2 aromatic carbocycles. The quantitative estimate of drug-likeness (QED) is 0.411. The van der Waals surface area contributed by atoms with Crippen molar-refractivity contribution in [2.75, 3.05) is 6.61 Å². The van der Waals surface area contributed by atoms with Gasteiger partial charge in [0.05, 0.1) is 30.8 Å². The molecule has 0 unspecified atom stereocenters. The van der Waals surface area contributed by atoms with Crippen molar-refractivity contribution in [3.63, 3.8) is 0 Å². The maximum atomic E-state index is 13.6. The average Bonchev–Trinajstić information content (AvgIpc) is 3.30. The summed E-state index contributed by atoms with van der Waals surface area (Å²) in [5, 5.41) is 2.99. The molecule has 0 aliphatic heterocycles. The molecule has 2 heterocycles. The van der Waals surface area contributed by atoms with Crippen LogP contribution in [-0.2, 0) is 13.1 Å². The number of ether oxygens (including phenoxy) is 1. The Labute approximate surface area is 191 Å². The normalized spacial score (nSPS) is 11.0. The summed E-state index contributed by atoms with van der Waals surface area (Å²) < 4.78 is 5.69. The van der Waals surface area contributed by atoms with Crippen molar-refractivity contribution in [1.29, 1.82) is 0 Å². The Morgan fingerprint density at radius 2 is 1.81 bits per heavy atom. The number of aromatic nitrogens is 1. The van der Waals surface area contributed by atoms with Crippen LogP contribution in [0.25, 0.3) is 10.9 Å². The Bertz CT molecular complexity index is 1310. The fourth-order valence-corrected chi connectivity index (χ4v) is 4.55. The molecular formula is C26H26N2O3S. The summed E-state index contributed by atoms with van der Waals surface area (Å²) in [6.45, 7) is 6.99. The number of fused-ring (bicyclic) bond motifs is 1. The minimum atomic E-state index is -0.173. The van der Waals surface area contributed by atoms with E-state index >= 15 is 0 Å². The van der Waals surface area contributed by atoms with Crippen molar-refractivity contribution in [1.82, 2.24) is 9.88 Å². The Hall–Kier alpha value is -3.38. The number of carbonyl (C=O) groups is 1. The summed E-state index contributed by atoms with van der Waals surface area (Å²) >= 11 is 1.59. The van der Waals surface area contributed by atoms with Gasteiger partial charge in [-0.15, -0.1) is 11.3 Å². The first-order valence-electron chi connectivity index (χ1n) is 10.6. The third-order valence-corrected chi connectivity index (χ3v) is 6.37. The summed E-state index contributed by atoms with van der Waals surface area (Å²) in [5.41, 5.74) is 3.83. The van der Waals surface area contributed by atoms with Crippen LogP contribution in [0, 0.1) is 13.8 Å². The zero-order chi connectivity index (χ0) is 22.7. The number of thiophene rings is 1. The molecule has 32 heavy (non-hydrogen) atoms. The fraction of sp³-hybridized carbons (Fsp3) is 0.231. The molecule has 5 nitrogen and oxygen atoms in total. The van der Waals surface area contributed by atoms with Gasteiger partial charge in [0.15, 0.2) is 0 Å². The first-order chi connectivity index (χ1) is 15.5. The lowest BCUT2D eigenvalue weighted by atomic mass is 10.0. The van der Waals surface area contributed by atoms with Gasteiger partial charge in [0.25, 0.3) is 11.5 Å². The van der Waals surface area contributed by atoms with Gasteiger partial charge in [0.2, 0.25) is 0 Å². The van der Waals surface area contributed by atoms with Gasteiger partial charge in [-0.2, -0.15) is 0 Å². The number of nitrogens with one attached hydrogen (secondary N) is 1. The van der Waals surface area contributed by atoms with Crippen LogP contribution in [0.2, 0.25) is 0 Å². The number of hydrogen-bond acceptors (Lipinski definition) is 4. The number of para-hydroxylation sites is 1. The van der Waals surface area contributed by atoms with Gasteiger partial charge in [0, 0.05) is 15.8 Å². The highest BCUT2D eigenvalue weighted by Gasteiger charge is 2.22. The number of carbonyl (C=O) groups excluding carboxylic acids is 1. The number of benzene rings is 2. The van der Waals surface area contributed by atoms with Gasteiger partial charge in [-0.1, -0.05) is 30.3 Å². The maximum Gasteiger partial charge on any atom is 0.258 e.